The predicted octanol–water partition coefficient (Wildman–Crippen LogP) is 8.29. The van der Waals surface area contributed by atoms with Crippen LogP contribution < -0.4 is 0 Å². The largest absolute Gasteiger partial charge is 0.413 e. The molecule has 2 aliphatic rings. The van der Waals surface area contributed by atoms with Crippen molar-refractivity contribution in [3.05, 3.63) is 24.8 Å². The molecular formula is C28H52O3Si2. The van der Waals surface area contributed by atoms with E-state index in [0.717, 1.165) is 6.42 Å². The van der Waals surface area contributed by atoms with Crippen LogP contribution in [0.5, 0.6) is 0 Å². The highest BCUT2D eigenvalue weighted by molar-refractivity contribution is 6.74. The third-order valence-electron chi connectivity index (χ3n) is 9.01. The van der Waals surface area contributed by atoms with E-state index in [-0.39, 0.29) is 34.1 Å². The molecule has 4 atom stereocenters. The first kappa shape index (κ1) is 28.7. The second kappa shape index (κ2) is 10.6. The SMILES string of the molecule is C=CC[C@H]1[C@H](O[Si](C)(C)C(C)(C)C)CC(=O)[C@@H]1C=C[C@@H](O[Si](C)(C)C(C)(C)C)C1CCCC1. The average Bonchev–Trinajstić information content (AvgIpc) is 3.26. The van der Waals surface area contributed by atoms with Crippen LogP contribution in [0.25, 0.3) is 0 Å². The van der Waals surface area contributed by atoms with E-state index < -0.39 is 16.6 Å². The zero-order chi connectivity index (χ0) is 25.2. The van der Waals surface area contributed by atoms with Crippen LogP contribution >= 0.6 is 0 Å². The number of hydrogen-bond acceptors (Lipinski definition) is 3. The predicted molar refractivity (Wildman–Crippen MR) is 147 cm³/mol. The quantitative estimate of drug-likeness (QED) is 0.240. The number of rotatable bonds is 9. The molecule has 0 spiro atoms. The van der Waals surface area contributed by atoms with Crippen molar-refractivity contribution in [2.24, 2.45) is 17.8 Å². The topological polar surface area (TPSA) is 35.5 Å². The molecule has 0 radical (unpaired) electrons. The van der Waals surface area contributed by atoms with Crippen molar-refractivity contribution < 1.29 is 13.6 Å². The number of hydrogen-bond donors (Lipinski definition) is 0. The van der Waals surface area contributed by atoms with Gasteiger partial charge in [0.1, 0.15) is 5.78 Å². The van der Waals surface area contributed by atoms with Crippen molar-refractivity contribution in [3.8, 4) is 0 Å². The minimum atomic E-state index is -1.95. The second-order valence-electron chi connectivity index (χ2n) is 13.6. The Morgan fingerprint density at radius 3 is 2.03 bits per heavy atom. The van der Waals surface area contributed by atoms with Gasteiger partial charge < -0.3 is 8.85 Å². The molecule has 190 valence electrons. The molecule has 5 heteroatoms. The van der Waals surface area contributed by atoms with Crippen LogP contribution in [0.15, 0.2) is 24.8 Å². The molecule has 0 heterocycles. The van der Waals surface area contributed by atoms with Crippen LogP contribution in [0.3, 0.4) is 0 Å². The van der Waals surface area contributed by atoms with Gasteiger partial charge in [-0.05, 0) is 61.4 Å². The van der Waals surface area contributed by atoms with Crippen LogP contribution in [-0.4, -0.2) is 34.6 Å². The fourth-order valence-corrected chi connectivity index (χ4v) is 7.38. The Morgan fingerprint density at radius 1 is 1.00 bits per heavy atom. The van der Waals surface area contributed by atoms with Gasteiger partial charge in [0.25, 0.3) is 0 Å². The van der Waals surface area contributed by atoms with Crippen LogP contribution in [-0.2, 0) is 13.6 Å². The number of allylic oxidation sites excluding steroid dienone is 2. The van der Waals surface area contributed by atoms with E-state index in [2.05, 4.69) is 86.5 Å². The summed E-state index contributed by atoms with van der Waals surface area (Å²) < 4.78 is 13.7. The second-order valence-corrected chi connectivity index (χ2v) is 23.1. The molecule has 2 aliphatic carbocycles. The Morgan fingerprint density at radius 2 is 1.55 bits per heavy atom. The monoisotopic (exact) mass is 492 g/mol. The van der Waals surface area contributed by atoms with Gasteiger partial charge in [-0.3, -0.25) is 4.79 Å². The van der Waals surface area contributed by atoms with E-state index in [9.17, 15) is 4.79 Å². The lowest BCUT2D eigenvalue weighted by molar-refractivity contribution is -0.120. The summed E-state index contributed by atoms with van der Waals surface area (Å²) >= 11 is 0. The molecule has 2 fully saturated rings. The van der Waals surface area contributed by atoms with Crippen molar-refractivity contribution in [2.75, 3.05) is 0 Å². The molecule has 33 heavy (non-hydrogen) atoms. The summed E-state index contributed by atoms with van der Waals surface area (Å²) in [4.78, 5) is 13.2. The van der Waals surface area contributed by atoms with E-state index in [0.29, 0.717) is 18.1 Å². The van der Waals surface area contributed by atoms with E-state index in [1.165, 1.54) is 25.7 Å². The molecule has 0 aromatic heterocycles. The highest BCUT2D eigenvalue weighted by Gasteiger charge is 2.47. The molecule has 0 aromatic rings. The van der Waals surface area contributed by atoms with Crippen molar-refractivity contribution in [3.63, 3.8) is 0 Å². The minimum Gasteiger partial charge on any atom is -0.413 e. The standard InChI is InChI=1S/C28H52O3Si2/c1-12-15-23-22(24(29)20-26(23)31-33(10,11)28(5,6)7)18-19-25(21-16-13-14-17-21)30-32(8,9)27(2,3)4/h12,18-19,21-23,25-26H,1,13-17,20H2,2-11H3/t22-,23-,25-,26-/m1/s1. The van der Waals surface area contributed by atoms with Crippen molar-refractivity contribution >= 4 is 22.4 Å². The summed E-state index contributed by atoms with van der Waals surface area (Å²) in [6.07, 6.45) is 12.9. The summed E-state index contributed by atoms with van der Waals surface area (Å²) in [5.41, 5.74) is 0. The van der Waals surface area contributed by atoms with Crippen molar-refractivity contribution in [1.29, 1.82) is 0 Å². The van der Waals surface area contributed by atoms with Gasteiger partial charge in [-0.1, -0.05) is 72.6 Å². The zero-order valence-electron chi connectivity index (χ0n) is 23.3. The van der Waals surface area contributed by atoms with E-state index in [1.807, 2.05) is 6.08 Å². The molecule has 0 aliphatic heterocycles. The fraction of sp³-hybridized carbons (Fsp3) is 0.821. The molecule has 0 aromatic carbocycles. The first-order valence-corrected chi connectivity index (χ1v) is 19.0. The summed E-state index contributed by atoms with van der Waals surface area (Å²) in [5.74, 6) is 0.977. The maximum Gasteiger partial charge on any atom is 0.192 e. The van der Waals surface area contributed by atoms with Crippen LogP contribution in [0, 0.1) is 17.8 Å². The Hall–Kier alpha value is -0.496. The van der Waals surface area contributed by atoms with Gasteiger partial charge in [-0.2, -0.15) is 0 Å². The molecule has 3 nitrogen and oxygen atoms in total. The van der Waals surface area contributed by atoms with Gasteiger partial charge in [0, 0.05) is 18.3 Å². The molecule has 0 N–H and O–H groups in total. The van der Waals surface area contributed by atoms with Crippen LogP contribution in [0.1, 0.15) is 80.1 Å². The summed E-state index contributed by atoms with van der Waals surface area (Å²) in [5, 5.41) is 0.307. The zero-order valence-corrected chi connectivity index (χ0v) is 25.3. The number of carbonyl (C=O) groups excluding carboxylic acids is 1. The summed E-state index contributed by atoms with van der Waals surface area (Å²) in [7, 11) is -3.85. The molecule has 0 amide bonds. The molecule has 0 saturated heterocycles. The smallest absolute Gasteiger partial charge is 0.192 e. The van der Waals surface area contributed by atoms with Gasteiger partial charge in [-0.25, -0.2) is 0 Å². The highest BCUT2D eigenvalue weighted by atomic mass is 28.4. The van der Waals surface area contributed by atoms with Gasteiger partial charge in [0.05, 0.1) is 12.2 Å². The maximum absolute atomic E-state index is 13.2. The van der Waals surface area contributed by atoms with Gasteiger partial charge in [-0.15, -0.1) is 6.58 Å². The number of Topliss-reactive ketones (excluding diaryl/α,β-unsaturated/α-hetero) is 1. The lowest BCUT2D eigenvalue weighted by Gasteiger charge is -2.40. The lowest BCUT2D eigenvalue weighted by atomic mass is 9.89. The lowest BCUT2D eigenvalue weighted by Crippen LogP contribution is -2.45. The summed E-state index contributed by atoms with van der Waals surface area (Å²) in [6, 6.07) is 0. The molecule has 2 rings (SSSR count). The number of carbonyl (C=O) groups is 1. The Balaban J connectivity index is 2.27. The van der Waals surface area contributed by atoms with Crippen LogP contribution in [0.2, 0.25) is 36.3 Å². The molecular weight excluding hydrogens is 440 g/mol. The molecule has 0 unspecified atom stereocenters. The Bertz CT molecular complexity index is 706. The number of ketones is 1. The van der Waals surface area contributed by atoms with Gasteiger partial charge in [0.2, 0.25) is 0 Å². The highest BCUT2D eigenvalue weighted by Crippen LogP contribution is 2.44. The first-order chi connectivity index (χ1) is 15.0. The Labute approximate surface area is 207 Å². The van der Waals surface area contributed by atoms with E-state index in [4.69, 9.17) is 8.85 Å². The third-order valence-corrected chi connectivity index (χ3v) is 18.0. The van der Waals surface area contributed by atoms with E-state index in [1.54, 1.807) is 0 Å². The minimum absolute atomic E-state index is 0.00252. The van der Waals surface area contributed by atoms with Crippen molar-refractivity contribution in [1.82, 2.24) is 0 Å². The molecule has 0 bridgehead atoms. The fourth-order valence-electron chi connectivity index (χ4n) is 4.71. The van der Waals surface area contributed by atoms with Gasteiger partial charge in [0.15, 0.2) is 16.6 Å². The maximum atomic E-state index is 13.2. The summed E-state index contributed by atoms with van der Waals surface area (Å²) in [6.45, 7) is 27.0. The Kier molecular flexibility index (Phi) is 9.26. The van der Waals surface area contributed by atoms with Crippen LogP contribution in [0.4, 0.5) is 0 Å². The average molecular weight is 493 g/mol. The van der Waals surface area contributed by atoms with E-state index >= 15 is 0 Å². The van der Waals surface area contributed by atoms with Crippen molar-refractivity contribution in [2.45, 2.75) is 129 Å². The third kappa shape index (κ3) is 7.02. The normalized spacial score (nSPS) is 27.0. The molecule has 2 saturated carbocycles. The van der Waals surface area contributed by atoms with Gasteiger partial charge >= 0.3 is 0 Å². The first-order valence-electron chi connectivity index (χ1n) is 13.2.